The number of nitrogens with zero attached hydrogens (tertiary/aromatic N) is 1. The van der Waals surface area contributed by atoms with Gasteiger partial charge in [0.05, 0.1) is 22.2 Å². The monoisotopic (exact) mass is 262 g/mol. The second-order valence-electron chi connectivity index (χ2n) is 4.02. The summed E-state index contributed by atoms with van der Waals surface area (Å²) in [6, 6.07) is 8.15. The Morgan fingerprint density at radius 2 is 2.22 bits per heavy atom. The van der Waals surface area contributed by atoms with Gasteiger partial charge in [-0.05, 0) is 38.1 Å². The van der Waals surface area contributed by atoms with E-state index in [1.165, 1.54) is 10.4 Å². The molecule has 0 aliphatic rings. The first-order valence-electron chi connectivity index (χ1n) is 6.14. The van der Waals surface area contributed by atoms with Crippen LogP contribution < -0.4 is 10.5 Å². The van der Waals surface area contributed by atoms with Crippen molar-refractivity contribution in [1.82, 2.24) is 4.98 Å². The van der Waals surface area contributed by atoms with Crippen molar-refractivity contribution in [1.29, 1.82) is 0 Å². The maximum absolute atomic E-state index is 5.57. The van der Waals surface area contributed by atoms with Crippen molar-refractivity contribution in [3.05, 3.63) is 35.0 Å². The highest BCUT2D eigenvalue weighted by Crippen LogP contribution is 2.32. The smallest absolute Gasteiger partial charge is 0.119 e. The molecule has 18 heavy (non-hydrogen) atoms. The van der Waals surface area contributed by atoms with Crippen LogP contribution in [0.4, 0.5) is 0 Å². The molecule has 0 aliphatic carbocycles. The lowest BCUT2D eigenvalue weighted by Gasteiger charge is -2.04. The van der Waals surface area contributed by atoms with Crippen LogP contribution in [0, 0.1) is 6.92 Å². The summed E-state index contributed by atoms with van der Waals surface area (Å²) >= 11 is 1.72. The van der Waals surface area contributed by atoms with E-state index in [0.29, 0.717) is 13.2 Å². The molecule has 0 saturated carbocycles. The van der Waals surface area contributed by atoms with Crippen LogP contribution in [0.15, 0.2) is 24.3 Å². The van der Waals surface area contributed by atoms with Gasteiger partial charge in [0.2, 0.25) is 0 Å². The third-order valence-electron chi connectivity index (χ3n) is 2.61. The summed E-state index contributed by atoms with van der Waals surface area (Å²) in [6.07, 6.45) is 0.844. The Balaban J connectivity index is 2.32. The van der Waals surface area contributed by atoms with E-state index in [0.717, 1.165) is 22.9 Å². The van der Waals surface area contributed by atoms with Gasteiger partial charge in [-0.2, -0.15) is 0 Å². The summed E-state index contributed by atoms with van der Waals surface area (Å²) in [5.74, 6) is 0.906. The Labute approximate surface area is 112 Å². The minimum Gasteiger partial charge on any atom is -0.494 e. The van der Waals surface area contributed by atoms with Crippen LogP contribution in [0.5, 0.6) is 5.75 Å². The first kappa shape index (κ1) is 13.1. The number of rotatable bonds is 5. The second-order valence-corrected chi connectivity index (χ2v) is 5.11. The predicted molar refractivity (Wildman–Crippen MR) is 76.2 cm³/mol. The van der Waals surface area contributed by atoms with Gasteiger partial charge in [-0.1, -0.05) is 12.1 Å². The SMILES string of the molecule is CCOc1cccc(-c2sc(CCN)nc2C)c1. The van der Waals surface area contributed by atoms with Crippen molar-refractivity contribution >= 4 is 11.3 Å². The van der Waals surface area contributed by atoms with Crippen molar-refractivity contribution in [2.75, 3.05) is 13.2 Å². The average molecular weight is 262 g/mol. The van der Waals surface area contributed by atoms with Crippen LogP contribution in [0.2, 0.25) is 0 Å². The van der Waals surface area contributed by atoms with Crippen molar-refractivity contribution in [3.63, 3.8) is 0 Å². The van der Waals surface area contributed by atoms with Crippen LogP contribution in [0.3, 0.4) is 0 Å². The van der Waals surface area contributed by atoms with Crippen LogP contribution in [-0.2, 0) is 6.42 Å². The van der Waals surface area contributed by atoms with E-state index in [2.05, 4.69) is 17.1 Å². The normalized spacial score (nSPS) is 10.6. The Kier molecular flexibility index (Phi) is 4.33. The number of hydrogen-bond acceptors (Lipinski definition) is 4. The molecule has 0 radical (unpaired) electrons. The van der Waals surface area contributed by atoms with Gasteiger partial charge in [-0.15, -0.1) is 11.3 Å². The lowest BCUT2D eigenvalue weighted by atomic mass is 10.1. The van der Waals surface area contributed by atoms with Crippen molar-refractivity contribution in [2.24, 2.45) is 5.73 Å². The van der Waals surface area contributed by atoms with Gasteiger partial charge in [0, 0.05) is 6.42 Å². The number of aromatic nitrogens is 1. The molecule has 1 heterocycles. The van der Waals surface area contributed by atoms with E-state index in [1.807, 2.05) is 26.0 Å². The highest BCUT2D eigenvalue weighted by atomic mass is 32.1. The second kappa shape index (κ2) is 5.98. The van der Waals surface area contributed by atoms with E-state index < -0.39 is 0 Å². The van der Waals surface area contributed by atoms with Crippen LogP contribution in [0.25, 0.3) is 10.4 Å². The van der Waals surface area contributed by atoms with Gasteiger partial charge >= 0.3 is 0 Å². The summed E-state index contributed by atoms with van der Waals surface area (Å²) in [5, 5.41) is 1.10. The minimum atomic E-state index is 0.644. The molecule has 4 heteroatoms. The fourth-order valence-electron chi connectivity index (χ4n) is 1.84. The maximum Gasteiger partial charge on any atom is 0.119 e. The Morgan fingerprint density at radius 3 is 2.94 bits per heavy atom. The first-order chi connectivity index (χ1) is 8.74. The summed E-state index contributed by atoms with van der Waals surface area (Å²) in [5.41, 5.74) is 7.80. The van der Waals surface area contributed by atoms with Crippen LogP contribution >= 0.6 is 11.3 Å². The summed E-state index contributed by atoms with van der Waals surface area (Å²) in [4.78, 5) is 5.76. The van der Waals surface area contributed by atoms with Crippen molar-refractivity contribution in [2.45, 2.75) is 20.3 Å². The zero-order chi connectivity index (χ0) is 13.0. The van der Waals surface area contributed by atoms with E-state index >= 15 is 0 Å². The highest BCUT2D eigenvalue weighted by Gasteiger charge is 2.09. The molecule has 0 fully saturated rings. The third kappa shape index (κ3) is 2.89. The highest BCUT2D eigenvalue weighted by molar-refractivity contribution is 7.15. The number of aryl methyl sites for hydroxylation is 1. The first-order valence-corrected chi connectivity index (χ1v) is 6.96. The van der Waals surface area contributed by atoms with Crippen molar-refractivity contribution in [3.8, 4) is 16.2 Å². The Bertz CT molecular complexity index is 522. The molecule has 2 rings (SSSR count). The molecule has 0 amide bonds. The van der Waals surface area contributed by atoms with Gasteiger partial charge < -0.3 is 10.5 Å². The molecule has 96 valence electrons. The molecule has 3 nitrogen and oxygen atoms in total. The molecular formula is C14H18N2OS. The van der Waals surface area contributed by atoms with Gasteiger partial charge in [0.1, 0.15) is 5.75 Å². The molecule has 0 saturated heterocycles. The lowest BCUT2D eigenvalue weighted by Crippen LogP contribution is -2.01. The Hall–Kier alpha value is -1.39. The molecular weight excluding hydrogens is 244 g/mol. The fraction of sp³-hybridized carbons (Fsp3) is 0.357. The summed E-state index contributed by atoms with van der Waals surface area (Å²) in [7, 11) is 0. The van der Waals surface area contributed by atoms with Crippen LogP contribution in [0.1, 0.15) is 17.6 Å². The molecule has 2 aromatic rings. The van der Waals surface area contributed by atoms with E-state index in [4.69, 9.17) is 10.5 Å². The topological polar surface area (TPSA) is 48.1 Å². The zero-order valence-corrected chi connectivity index (χ0v) is 11.6. The number of nitrogens with two attached hydrogens (primary N) is 1. The quantitative estimate of drug-likeness (QED) is 0.901. The molecule has 1 aromatic carbocycles. The van der Waals surface area contributed by atoms with Gasteiger partial charge in [0.25, 0.3) is 0 Å². The van der Waals surface area contributed by atoms with Crippen molar-refractivity contribution < 1.29 is 4.74 Å². The average Bonchev–Trinajstić information content (AvgIpc) is 2.72. The standard InChI is InChI=1S/C14H18N2OS/c1-3-17-12-6-4-5-11(9-12)14-10(2)16-13(18-14)7-8-15/h4-6,9H,3,7-8,15H2,1-2H3. The number of benzene rings is 1. The number of ether oxygens (including phenoxy) is 1. The molecule has 2 N–H and O–H groups in total. The lowest BCUT2D eigenvalue weighted by molar-refractivity contribution is 0.340. The molecule has 0 spiro atoms. The molecule has 0 bridgehead atoms. The fourth-order valence-corrected chi connectivity index (χ4v) is 2.92. The molecule has 1 aromatic heterocycles. The molecule has 0 aliphatic heterocycles. The molecule has 0 atom stereocenters. The van der Waals surface area contributed by atoms with Gasteiger partial charge in [-0.3, -0.25) is 0 Å². The van der Waals surface area contributed by atoms with Crippen LogP contribution in [-0.4, -0.2) is 18.1 Å². The van der Waals surface area contributed by atoms with Gasteiger partial charge in [-0.25, -0.2) is 4.98 Å². The summed E-state index contributed by atoms with van der Waals surface area (Å²) in [6.45, 7) is 5.36. The number of thiazole rings is 1. The summed E-state index contributed by atoms with van der Waals surface area (Å²) < 4.78 is 5.53. The van der Waals surface area contributed by atoms with E-state index in [1.54, 1.807) is 11.3 Å². The third-order valence-corrected chi connectivity index (χ3v) is 3.87. The largest absolute Gasteiger partial charge is 0.494 e. The Morgan fingerprint density at radius 1 is 1.39 bits per heavy atom. The molecule has 0 unspecified atom stereocenters. The van der Waals surface area contributed by atoms with E-state index in [9.17, 15) is 0 Å². The predicted octanol–water partition coefficient (Wildman–Crippen LogP) is 3.02. The van der Waals surface area contributed by atoms with E-state index in [-0.39, 0.29) is 0 Å². The zero-order valence-electron chi connectivity index (χ0n) is 10.8. The maximum atomic E-state index is 5.57. The minimum absolute atomic E-state index is 0.644. The number of hydrogen-bond donors (Lipinski definition) is 1. The van der Waals surface area contributed by atoms with Gasteiger partial charge in [0.15, 0.2) is 0 Å².